The van der Waals surface area contributed by atoms with Crippen molar-refractivity contribution in [3.8, 4) is 11.5 Å². The molecular weight excluding hydrogens is 228 g/mol. The fourth-order valence-electron chi connectivity index (χ4n) is 2.36. The fraction of sp³-hybridized carbons (Fsp3) is 0.500. The quantitative estimate of drug-likeness (QED) is 0.837. The summed E-state index contributed by atoms with van der Waals surface area (Å²) >= 11 is 0. The summed E-state index contributed by atoms with van der Waals surface area (Å²) in [5, 5.41) is 13.0. The van der Waals surface area contributed by atoms with Crippen LogP contribution in [0.4, 0.5) is 8.78 Å². The minimum atomic E-state index is -1.01. The van der Waals surface area contributed by atoms with Crippen LogP contribution >= 0.6 is 0 Å². The Bertz CT molecular complexity index is 443. The Morgan fingerprint density at radius 3 is 2.71 bits per heavy atom. The van der Waals surface area contributed by atoms with Crippen LogP contribution < -0.4 is 10.1 Å². The van der Waals surface area contributed by atoms with Gasteiger partial charge in [-0.15, -0.1) is 0 Å². The second-order valence-corrected chi connectivity index (χ2v) is 4.46. The van der Waals surface area contributed by atoms with Gasteiger partial charge in [0.2, 0.25) is 0 Å². The van der Waals surface area contributed by atoms with E-state index >= 15 is 0 Å². The minimum absolute atomic E-state index is 0.0474. The van der Waals surface area contributed by atoms with Crippen molar-refractivity contribution < 1.29 is 18.6 Å². The van der Waals surface area contributed by atoms with Gasteiger partial charge in [-0.05, 0) is 26.3 Å². The first-order chi connectivity index (χ1) is 7.99. The number of hydrogen-bond donors (Lipinski definition) is 2. The number of benzene rings is 1. The van der Waals surface area contributed by atoms with Gasteiger partial charge in [0.1, 0.15) is 0 Å². The lowest BCUT2D eigenvalue weighted by atomic mass is 9.89. The van der Waals surface area contributed by atoms with Crippen LogP contribution in [0.1, 0.15) is 25.3 Å². The molecule has 0 radical (unpaired) electrons. The summed E-state index contributed by atoms with van der Waals surface area (Å²) in [6, 6.07) is 0.854. The number of halogens is 2. The average molecular weight is 243 g/mol. The van der Waals surface area contributed by atoms with Crippen LogP contribution in [0.5, 0.6) is 11.5 Å². The second-order valence-electron chi connectivity index (χ2n) is 4.46. The molecule has 0 aromatic heterocycles. The van der Waals surface area contributed by atoms with E-state index in [-0.39, 0.29) is 17.1 Å². The molecule has 0 amide bonds. The zero-order chi connectivity index (χ0) is 12.6. The first kappa shape index (κ1) is 12.1. The first-order valence-electron chi connectivity index (χ1n) is 5.50. The molecule has 0 aliphatic carbocycles. The molecule has 0 saturated carbocycles. The van der Waals surface area contributed by atoms with Gasteiger partial charge in [-0.25, -0.2) is 8.78 Å². The molecule has 2 N–H and O–H groups in total. The van der Waals surface area contributed by atoms with Crippen molar-refractivity contribution in [2.45, 2.75) is 25.3 Å². The Morgan fingerprint density at radius 1 is 1.47 bits per heavy atom. The summed E-state index contributed by atoms with van der Waals surface area (Å²) < 4.78 is 32.1. The number of rotatable bonds is 2. The third-order valence-electron chi connectivity index (χ3n) is 3.30. The maximum Gasteiger partial charge on any atom is 0.167 e. The molecule has 0 spiro atoms. The summed E-state index contributed by atoms with van der Waals surface area (Å²) in [7, 11) is 1.31. The number of phenols is 1. The maximum atomic E-state index is 13.8. The van der Waals surface area contributed by atoms with Gasteiger partial charge in [0.15, 0.2) is 23.1 Å². The molecule has 17 heavy (non-hydrogen) atoms. The molecule has 2 rings (SSSR count). The third-order valence-corrected chi connectivity index (χ3v) is 3.30. The van der Waals surface area contributed by atoms with Gasteiger partial charge >= 0.3 is 0 Å². The highest BCUT2D eigenvalue weighted by atomic mass is 19.2. The molecule has 1 unspecified atom stereocenters. The van der Waals surface area contributed by atoms with Crippen molar-refractivity contribution in [2.75, 3.05) is 13.7 Å². The van der Waals surface area contributed by atoms with Crippen molar-refractivity contribution in [1.29, 1.82) is 0 Å². The molecule has 1 saturated heterocycles. The lowest BCUT2D eigenvalue weighted by Crippen LogP contribution is -2.34. The molecule has 1 aromatic rings. The van der Waals surface area contributed by atoms with Crippen LogP contribution in [0.2, 0.25) is 0 Å². The number of aromatic hydroxyl groups is 1. The lowest BCUT2D eigenvalue weighted by Gasteiger charge is -2.27. The van der Waals surface area contributed by atoms with Crippen molar-refractivity contribution >= 4 is 0 Å². The molecule has 0 bridgehead atoms. The number of methoxy groups -OCH3 is 1. The summed E-state index contributed by atoms with van der Waals surface area (Å²) in [5.41, 5.74) is -0.796. The molecule has 1 aromatic carbocycles. The summed E-state index contributed by atoms with van der Waals surface area (Å²) in [6.45, 7) is 2.46. The van der Waals surface area contributed by atoms with E-state index in [1.807, 2.05) is 0 Å². The van der Waals surface area contributed by atoms with Crippen molar-refractivity contribution in [3.05, 3.63) is 23.3 Å². The fourth-order valence-corrected chi connectivity index (χ4v) is 2.36. The molecule has 3 nitrogen and oxygen atoms in total. The molecule has 5 heteroatoms. The van der Waals surface area contributed by atoms with Gasteiger partial charge < -0.3 is 15.2 Å². The molecule has 94 valence electrons. The van der Waals surface area contributed by atoms with Crippen LogP contribution in [0, 0.1) is 11.6 Å². The van der Waals surface area contributed by atoms with Gasteiger partial charge in [-0.1, -0.05) is 0 Å². The number of hydrogen-bond acceptors (Lipinski definition) is 3. The minimum Gasteiger partial charge on any atom is -0.504 e. The highest BCUT2D eigenvalue weighted by Gasteiger charge is 2.37. The van der Waals surface area contributed by atoms with E-state index in [1.165, 1.54) is 7.11 Å². The topological polar surface area (TPSA) is 41.5 Å². The normalized spacial score (nSPS) is 24.0. The van der Waals surface area contributed by atoms with Gasteiger partial charge in [0.25, 0.3) is 0 Å². The van der Waals surface area contributed by atoms with E-state index in [0.717, 1.165) is 12.5 Å². The zero-order valence-electron chi connectivity index (χ0n) is 9.81. The Kier molecular flexibility index (Phi) is 2.95. The molecule has 1 fully saturated rings. The Balaban J connectivity index is 2.62. The highest BCUT2D eigenvalue weighted by molar-refractivity contribution is 5.50. The van der Waals surface area contributed by atoms with Crippen LogP contribution in [-0.2, 0) is 5.54 Å². The van der Waals surface area contributed by atoms with E-state index in [9.17, 15) is 13.9 Å². The molecular formula is C12H15F2NO2. The highest BCUT2D eigenvalue weighted by Crippen LogP contribution is 2.43. The molecule has 1 aliphatic rings. The van der Waals surface area contributed by atoms with E-state index in [2.05, 4.69) is 5.32 Å². The van der Waals surface area contributed by atoms with E-state index in [4.69, 9.17) is 4.74 Å². The number of nitrogens with one attached hydrogen (secondary N) is 1. The molecule has 1 atom stereocenters. The summed E-state index contributed by atoms with van der Waals surface area (Å²) in [6.07, 6.45) is 1.50. The smallest absolute Gasteiger partial charge is 0.167 e. The predicted octanol–water partition coefficient (Wildman–Crippen LogP) is 2.28. The maximum absolute atomic E-state index is 13.8. The Labute approximate surface area is 98.4 Å². The van der Waals surface area contributed by atoms with Crippen molar-refractivity contribution in [1.82, 2.24) is 5.32 Å². The van der Waals surface area contributed by atoms with Crippen LogP contribution in [0.25, 0.3) is 0 Å². The number of phenolic OH excluding ortho intramolecular Hbond substituents is 1. The second kappa shape index (κ2) is 4.14. The van der Waals surface area contributed by atoms with Crippen molar-refractivity contribution in [2.24, 2.45) is 0 Å². The van der Waals surface area contributed by atoms with Gasteiger partial charge in [-0.2, -0.15) is 0 Å². The molecule has 1 heterocycles. The van der Waals surface area contributed by atoms with Gasteiger partial charge in [0, 0.05) is 11.6 Å². The summed E-state index contributed by atoms with van der Waals surface area (Å²) in [5.74, 6) is -2.40. The van der Waals surface area contributed by atoms with Crippen LogP contribution in [-0.4, -0.2) is 18.8 Å². The van der Waals surface area contributed by atoms with E-state index in [1.54, 1.807) is 6.92 Å². The monoisotopic (exact) mass is 243 g/mol. The van der Waals surface area contributed by atoms with Gasteiger partial charge in [-0.3, -0.25) is 0 Å². The average Bonchev–Trinajstić information content (AvgIpc) is 2.71. The van der Waals surface area contributed by atoms with Crippen molar-refractivity contribution in [3.63, 3.8) is 0 Å². The van der Waals surface area contributed by atoms with Crippen LogP contribution in [0.3, 0.4) is 0 Å². The Hall–Kier alpha value is -1.36. The lowest BCUT2D eigenvalue weighted by molar-refractivity contribution is 0.329. The SMILES string of the molecule is COc1cc(F)c(F)c(C2(C)CCCN2)c1O. The zero-order valence-corrected chi connectivity index (χ0v) is 9.81. The largest absolute Gasteiger partial charge is 0.504 e. The van der Waals surface area contributed by atoms with Crippen LogP contribution in [0.15, 0.2) is 6.07 Å². The molecule has 1 aliphatic heterocycles. The summed E-state index contributed by atoms with van der Waals surface area (Å²) in [4.78, 5) is 0. The first-order valence-corrected chi connectivity index (χ1v) is 5.50. The number of ether oxygens (including phenoxy) is 1. The van der Waals surface area contributed by atoms with Gasteiger partial charge in [0.05, 0.1) is 12.7 Å². The van der Waals surface area contributed by atoms with E-state index < -0.39 is 17.2 Å². The Morgan fingerprint density at radius 2 is 2.18 bits per heavy atom. The predicted molar refractivity (Wildman–Crippen MR) is 59.2 cm³/mol. The third kappa shape index (κ3) is 1.84. The standard InChI is InChI=1S/C12H15F2NO2/c1-12(4-3-5-15-12)9-10(14)7(13)6-8(17-2)11(9)16/h6,15-16H,3-5H2,1-2H3. The van der Waals surface area contributed by atoms with E-state index in [0.29, 0.717) is 13.0 Å².